The topological polar surface area (TPSA) is 147 Å². The Morgan fingerprint density at radius 2 is 1.91 bits per heavy atom. The minimum Gasteiger partial charge on any atom is -0.458 e. The number of carbonyl (C=O) groups is 3. The molecule has 0 aliphatic heterocycles. The van der Waals surface area contributed by atoms with Crippen molar-refractivity contribution in [2.24, 2.45) is 28.6 Å². The van der Waals surface area contributed by atoms with Crippen molar-refractivity contribution in [3.05, 3.63) is 23.8 Å². The summed E-state index contributed by atoms with van der Waals surface area (Å²) in [6.07, 6.45) is 3.19. The van der Waals surface area contributed by atoms with E-state index in [0.29, 0.717) is 12.0 Å². The first kappa shape index (κ1) is 26.4. The van der Waals surface area contributed by atoms with Gasteiger partial charge in [0.2, 0.25) is 5.78 Å². The number of esters is 1. The number of carbonyl (C=O) groups excluding carboxylic acids is 3. The average Bonchev–Trinajstić information content (AvgIpc) is 2.94. The zero-order chi connectivity index (χ0) is 26.2. The molecule has 0 unspecified atom stereocenters. The lowest BCUT2D eigenvalue weighted by Gasteiger charge is -2.62. The molecular weight excluding hydrogens is 482 g/mol. The molecule has 35 heavy (non-hydrogen) atoms. The second kappa shape index (κ2) is 8.15. The minimum absolute atomic E-state index is 0.211. The molecule has 0 aromatic heterocycles. The summed E-state index contributed by atoms with van der Waals surface area (Å²) >= 11 is 0. The predicted octanol–water partition coefficient (Wildman–Crippen LogP) is 2.58. The molecule has 0 bridgehead atoms. The average molecular weight is 514 g/mol. The molecule has 3 N–H and O–H groups in total. The van der Waals surface area contributed by atoms with Gasteiger partial charge in [0.25, 0.3) is 0 Å². The number of halogens is 1. The Morgan fingerprint density at radius 3 is 2.51 bits per heavy atom. The standard InChI is InChI=1S/C24H32FO9P/c1-13-9-18-17-6-5-15-10-16(27)7-8-21(15,3)23(17,25)19(28)11-22(18,4)24(13,34-35(30,31)32)20(29)12-33-14(2)26/h7-8,10,13,17-19,28H,5-6,9,11-12H2,1-4H3,(H2,30,31,32)/t13-,17-,18-,19-,21-,22-,23-,24-/m0/s1. The molecule has 0 aromatic rings. The maximum atomic E-state index is 17.2. The van der Waals surface area contributed by atoms with Crippen molar-refractivity contribution < 1.29 is 47.5 Å². The number of hydrogen-bond acceptors (Lipinski definition) is 7. The lowest BCUT2D eigenvalue weighted by molar-refractivity contribution is -0.217. The van der Waals surface area contributed by atoms with Gasteiger partial charge in [0.05, 0.1) is 6.10 Å². The number of allylic oxidation sites excluding steroid dienone is 4. The number of hydrogen-bond donors (Lipinski definition) is 3. The number of phosphoric ester groups is 1. The fraction of sp³-hybridized carbons (Fsp3) is 0.708. The van der Waals surface area contributed by atoms with Gasteiger partial charge in [-0.05, 0) is 56.6 Å². The molecule has 3 fully saturated rings. The van der Waals surface area contributed by atoms with Gasteiger partial charge >= 0.3 is 13.8 Å². The number of rotatable bonds is 5. The highest BCUT2D eigenvalue weighted by atomic mass is 31.2. The first-order chi connectivity index (χ1) is 16.0. The maximum Gasteiger partial charge on any atom is 0.470 e. The molecule has 11 heteroatoms. The van der Waals surface area contributed by atoms with E-state index in [-0.39, 0.29) is 25.0 Å². The summed E-state index contributed by atoms with van der Waals surface area (Å²) in [5.74, 6) is -3.95. The van der Waals surface area contributed by atoms with Crippen LogP contribution in [0.2, 0.25) is 0 Å². The third kappa shape index (κ3) is 3.55. The zero-order valence-electron chi connectivity index (χ0n) is 20.2. The molecule has 9 nitrogen and oxygen atoms in total. The summed E-state index contributed by atoms with van der Waals surface area (Å²) in [6, 6.07) is 0. The largest absolute Gasteiger partial charge is 0.470 e. The van der Waals surface area contributed by atoms with Crippen molar-refractivity contribution in [1.82, 2.24) is 0 Å². The van der Waals surface area contributed by atoms with Crippen molar-refractivity contribution in [2.75, 3.05) is 6.61 Å². The lowest BCUT2D eigenvalue weighted by atomic mass is 9.44. The molecule has 4 aliphatic carbocycles. The van der Waals surface area contributed by atoms with Crippen LogP contribution in [-0.2, 0) is 28.2 Å². The smallest absolute Gasteiger partial charge is 0.458 e. The van der Waals surface area contributed by atoms with Crippen LogP contribution in [0.15, 0.2) is 23.8 Å². The van der Waals surface area contributed by atoms with Crippen LogP contribution in [0.3, 0.4) is 0 Å². The zero-order valence-corrected chi connectivity index (χ0v) is 21.1. The Hall–Kier alpha value is -1.71. The monoisotopic (exact) mass is 514 g/mol. The highest BCUT2D eigenvalue weighted by molar-refractivity contribution is 7.46. The molecular formula is C24H32FO9P. The van der Waals surface area contributed by atoms with E-state index in [1.54, 1.807) is 20.8 Å². The third-order valence-corrected chi connectivity index (χ3v) is 9.79. The normalized spacial score (nSPS) is 44.7. The third-order valence-electron chi connectivity index (χ3n) is 9.26. The fourth-order valence-corrected chi connectivity index (χ4v) is 8.70. The molecule has 0 saturated heterocycles. The van der Waals surface area contributed by atoms with E-state index < -0.39 is 72.1 Å². The molecule has 0 heterocycles. The highest BCUT2D eigenvalue weighted by Gasteiger charge is 2.77. The van der Waals surface area contributed by atoms with E-state index in [4.69, 9.17) is 9.26 Å². The second-order valence-corrected chi connectivity index (χ2v) is 12.1. The van der Waals surface area contributed by atoms with Crippen molar-refractivity contribution in [1.29, 1.82) is 0 Å². The number of alkyl halides is 1. The van der Waals surface area contributed by atoms with Crippen LogP contribution >= 0.6 is 7.82 Å². The maximum absolute atomic E-state index is 17.2. The SMILES string of the molecule is CC(=O)OCC(=O)[C@@]1(OP(=O)(O)O)[C@@H](C)C[C@H]2[C@@H]3CCC4=CC(=O)C=C[C@]4(C)[C@@]3(F)[C@@H](O)C[C@@]21C. The number of ketones is 2. The number of fused-ring (bicyclic) bond motifs is 5. The number of Topliss-reactive ketones (excluding diaryl/α,β-unsaturated/α-hetero) is 1. The summed E-state index contributed by atoms with van der Waals surface area (Å²) in [5, 5.41) is 11.4. The number of phosphoric acid groups is 1. The van der Waals surface area contributed by atoms with Crippen molar-refractivity contribution in [3.63, 3.8) is 0 Å². The van der Waals surface area contributed by atoms with Crippen LogP contribution in [0.4, 0.5) is 4.39 Å². The lowest BCUT2D eigenvalue weighted by Crippen LogP contribution is -2.69. The Morgan fingerprint density at radius 1 is 1.26 bits per heavy atom. The van der Waals surface area contributed by atoms with Gasteiger partial charge < -0.3 is 19.6 Å². The van der Waals surface area contributed by atoms with E-state index in [1.165, 1.54) is 18.2 Å². The van der Waals surface area contributed by atoms with Gasteiger partial charge in [-0.15, -0.1) is 0 Å². The number of aliphatic hydroxyl groups excluding tert-OH is 1. The van der Waals surface area contributed by atoms with Crippen LogP contribution in [0.1, 0.15) is 53.4 Å². The van der Waals surface area contributed by atoms with Crippen molar-refractivity contribution in [2.45, 2.75) is 70.8 Å². The van der Waals surface area contributed by atoms with Gasteiger partial charge in [0, 0.05) is 23.7 Å². The molecule has 194 valence electrons. The summed E-state index contributed by atoms with van der Waals surface area (Å²) in [7, 11) is -5.24. The number of aliphatic hydroxyl groups is 1. The first-order valence-corrected chi connectivity index (χ1v) is 13.3. The van der Waals surface area contributed by atoms with Crippen LogP contribution in [0.5, 0.6) is 0 Å². The van der Waals surface area contributed by atoms with Gasteiger partial charge in [-0.25, -0.2) is 8.96 Å². The van der Waals surface area contributed by atoms with Gasteiger partial charge in [-0.1, -0.05) is 25.5 Å². The van der Waals surface area contributed by atoms with Gasteiger partial charge in [0.1, 0.15) is 5.60 Å². The Bertz CT molecular complexity index is 1080. The molecule has 4 aliphatic rings. The Labute approximate surface area is 203 Å². The summed E-state index contributed by atoms with van der Waals surface area (Å²) in [4.78, 5) is 56.5. The van der Waals surface area contributed by atoms with Crippen LogP contribution in [-0.4, -0.2) is 56.4 Å². The van der Waals surface area contributed by atoms with Crippen LogP contribution in [0, 0.1) is 28.6 Å². The van der Waals surface area contributed by atoms with E-state index in [2.05, 4.69) is 0 Å². The van der Waals surface area contributed by atoms with Gasteiger partial charge in [0.15, 0.2) is 18.1 Å². The highest BCUT2D eigenvalue weighted by Crippen LogP contribution is 2.72. The van der Waals surface area contributed by atoms with Gasteiger partial charge in [-0.2, -0.15) is 0 Å². The van der Waals surface area contributed by atoms with Crippen LogP contribution in [0.25, 0.3) is 0 Å². The second-order valence-electron chi connectivity index (χ2n) is 10.9. The molecule has 0 spiro atoms. The summed E-state index contributed by atoms with van der Waals surface area (Å²) < 4.78 is 39.5. The van der Waals surface area contributed by atoms with E-state index in [0.717, 1.165) is 6.92 Å². The van der Waals surface area contributed by atoms with Gasteiger partial charge in [-0.3, -0.25) is 18.9 Å². The number of ether oxygens (including phenoxy) is 1. The summed E-state index contributed by atoms with van der Waals surface area (Å²) in [5.41, 5.74) is -6.29. The summed E-state index contributed by atoms with van der Waals surface area (Å²) in [6.45, 7) is 5.19. The molecule has 3 saturated carbocycles. The molecule has 0 aromatic carbocycles. The molecule has 0 amide bonds. The Balaban J connectivity index is 1.84. The minimum atomic E-state index is -5.24. The fourth-order valence-electron chi connectivity index (χ4n) is 7.83. The van der Waals surface area contributed by atoms with E-state index >= 15 is 4.39 Å². The first-order valence-electron chi connectivity index (χ1n) is 11.8. The van der Waals surface area contributed by atoms with E-state index in [1.807, 2.05) is 0 Å². The van der Waals surface area contributed by atoms with E-state index in [9.17, 15) is 33.8 Å². The van der Waals surface area contributed by atoms with Crippen molar-refractivity contribution in [3.8, 4) is 0 Å². The quantitative estimate of drug-likeness (QED) is 0.372. The van der Waals surface area contributed by atoms with Crippen molar-refractivity contribution >= 4 is 25.4 Å². The molecule has 0 radical (unpaired) electrons. The van der Waals surface area contributed by atoms with Crippen LogP contribution < -0.4 is 0 Å². The molecule has 8 atom stereocenters. The predicted molar refractivity (Wildman–Crippen MR) is 120 cm³/mol. The Kier molecular flexibility index (Phi) is 6.14. The molecule has 4 rings (SSSR count).